The lowest BCUT2D eigenvalue weighted by molar-refractivity contribution is -0.111. The van der Waals surface area contributed by atoms with Gasteiger partial charge in [-0.3, -0.25) is 4.79 Å². The summed E-state index contributed by atoms with van der Waals surface area (Å²) in [6.45, 7) is 4.59. The van der Waals surface area contributed by atoms with Crippen molar-refractivity contribution in [1.82, 2.24) is 4.31 Å². The number of hydrogen-bond acceptors (Lipinski definition) is 5. The first kappa shape index (κ1) is 19.9. The number of nitrogens with zero attached hydrogens (tertiary/aromatic N) is 1. The van der Waals surface area contributed by atoms with Crippen LogP contribution in [-0.2, 0) is 14.8 Å². The number of carbonyl (C=O) groups is 1. The molecule has 0 aromatic heterocycles. The van der Waals surface area contributed by atoms with Gasteiger partial charge in [0.15, 0.2) is 11.5 Å². The molecule has 1 amide bonds. The quantitative estimate of drug-likeness (QED) is 0.720. The number of fused-ring (bicyclic) bond motifs is 1. The predicted octanol–water partition coefficient (Wildman–Crippen LogP) is 3.10. The van der Waals surface area contributed by atoms with E-state index in [1.807, 2.05) is 6.07 Å². The van der Waals surface area contributed by atoms with Crippen LogP contribution in [0.4, 0.5) is 5.69 Å². The van der Waals surface area contributed by atoms with Gasteiger partial charge in [-0.05, 0) is 48.0 Å². The Morgan fingerprint density at radius 3 is 2.43 bits per heavy atom. The van der Waals surface area contributed by atoms with Crippen LogP contribution in [-0.4, -0.2) is 38.5 Å². The number of carbonyl (C=O) groups excluding carboxylic acids is 1. The molecule has 0 atom stereocenters. The lowest BCUT2D eigenvalue weighted by atomic mass is 10.2. The molecule has 0 saturated carbocycles. The molecule has 1 aliphatic heterocycles. The van der Waals surface area contributed by atoms with Crippen molar-refractivity contribution in [1.29, 1.82) is 0 Å². The average Bonchev–Trinajstić information content (AvgIpc) is 3.15. The monoisotopic (exact) mass is 402 g/mol. The van der Waals surface area contributed by atoms with Crippen molar-refractivity contribution in [3.05, 3.63) is 54.1 Å². The van der Waals surface area contributed by atoms with E-state index in [1.54, 1.807) is 44.2 Å². The fraction of sp³-hybridized carbons (Fsp3) is 0.250. The summed E-state index contributed by atoms with van der Waals surface area (Å²) in [5.74, 6) is 1.01. The summed E-state index contributed by atoms with van der Waals surface area (Å²) in [7, 11) is -3.51. The topological polar surface area (TPSA) is 84.9 Å². The smallest absolute Gasteiger partial charge is 0.248 e. The van der Waals surface area contributed by atoms with Crippen molar-refractivity contribution in [2.24, 2.45) is 0 Å². The second kappa shape index (κ2) is 8.45. The third-order valence-corrected chi connectivity index (χ3v) is 6.35. The van der Waals surface area contributed by atoms with Crippen molar-refractivity contribution in [3.63, 3.8) is 0 Å². The summed E-state index contributed by atoms with van der Waals surface area (Å²) in [6.07, 6.45) is 3.06. The summed E-state index contributed by atoms with van der Waals surface area (Å²) >= 11 is 0. The maximum atomic E-state index is 12.5. The molecule has 0 fully saturated rings. The minimum atomic E-state index is -3.51. The van der Waals surface area contributed by atoms with Crippen molar-refractivity contribution in [2.45, 2.75) is 18.7 Å². The van der Waals surface area contributed by atoms with Crippen molar-refractivity contribution in [2.75, 3.05) is 25.2 Å². The lowest BCUT2D eigenvalue weighted by Gasteiger charge is -2.18. The van der Waals surface area contributed by atoms with Gasteiger partial charge >= 0.3 is 0 Å². The van der Waals surface area contributed by atoms with Gasteiger partial charge in [0.25, 0.3) is 0 Å². The summed E-state index contributed by atoms with van der Waals surface area (Å²) in [5.41, 5.74) is 1.32. The molecule has 0 saturated heterocycles. The number of rotatable bonds is 7. The Kier molecular flexibility index (Phi) is 6.01. The molecule has 1 heterocycles. The van der Waals surface area contributed by atoms with E-state index in [9.17, 15) is 13.2 Å². The number of nitrogens with one attached hydrogen (secondary N) is 1. The third-order valence-electron chi connectivity index (χ3n) is 4.29. The molecule has 0 radical (unpaired) electrons. The fourth-order valence-corrected chi connectivity index (χ4v) is 4.25. The van der Waals surface area contributed by atoms with Gasteiger partial charge in [0.2, 0.25) is 22.7 Å². The van der Waals surface area contributed by atoms with Gasteiger partial charge in [-0.15, -0.1) is 0 Å². The molecule has 1 aliphatic rings. The van der Waals surface area contributed by atoms with Gasteiger partial charge in [-0.2, -0.15) is 4.31 Å². The average molecular weight is 402 g/mol. The second-order valence-electron chi connectivity index (χ2n) is 6.05. The number of hydrogen-bond donors (Lipinski definition) is 1. The predicted molar refractivity (Wildman–Crippen MR) is 107 cm³/mol. The Balaban J connectivity index is 1.64. The van der Waals surface area contributed by atoms with E-state index in [-0.39, 0.29) is 17.6 Å². The van der Waals surface area contributed by atoms with Gasteiger partial charge in [-0.25, -0.2) is 8.42 Å². The second-order valence-corrected chi connectivity index (χ2v) is 7.99. The molecule has 2 aromatic carbocycles. The molecule has 0 spiro atoms. The zero-order valence-electron chi connectivity index (χ0n) is 15.7. The minimum Gasteiger partial charge on any atom is -0.454 e. The first-order chi connectivity index (χ1) is 13.4. The van der Waals surface area contributed by atoms with Crippen LogP contribution in [0.25, 0.3) is 6.08 Å². The fourth-order valence-electron chi connectivity index (χ4n) is 2.80. The Morgan fingerprint density at radius 2 is 1.75 bits per heavy atom. The van der Waals surface area contributed by atoms with Crippen molar-refractivity contribution in [3.8, 4) is 11.5 Å². The first-order valence-corrected chi connectivity index (χ1v) is 10.4. The van der Waals surface area contributed by atoms with Crippen LogP contribution >= 0.6 is 0 Å². The standard InChI is InChI=1S/C20H22N2O5S/c1-3-22(4-2)28(24,25)17-9-7-16(8-10-17)21-20(23)12-6-15-5-11-18-19(13-15)27-14-26-18/h5-13H,3-4,14H2,1-2H3,(H,21,23)/b12-6+. The van der Waals surface area contributed by atoms with E-state index in [4.69, 9.17) is 9.47 Å². The third kappa shape index (κ3) is 4.35. The van der Waals surface area contributed by atoms with Crippen LogP contribution in [0.15, 0.2) is 53.4 Å². The number of ether oxygens (including phenoxy) is 2. The Morgan fingerprint density at radius 1 is 1.07 bits per heavy atom. The molecule has 0 bridgehead atoms. The van der Waals surface area contributed by atoms with E-state index in [0.29, 0.717) is 30.3 Å². The van der Waals surface area contributed by atoms with E-state index >= 15 is 0 Å². The molecule has 0 aliphatic carbocycles. The molecule has 1 N–H and O–H groups in total. The van der Waals surface area contributed by atoms with Gasteiger partial charge < -0.3 is 14.8 Å². The maximum Gasteiger partial charge on any atom is 0.248 e. The Labute approximate surface area is 164 Å². The van der Waals surface area contributed by atoms with Crippen LogP contribution in [0.3, 0.4) is 0 Å². The highest BCUT2D eigenvalue weighted by Gasteiger charge is 2.21. The van der Waals surface area contributed by atoms with Gasteiger partial charge in [0.05, 0.1) is 4.90 Å². The molecule has 28 heavy (non-hydrogen) atoms. The van der Waals surface area contributed by atoms with Gasteiger partial charge in [0.1, 0.15) is 0 Å². The summed E-state index contributed by atoms with van der Waals surface area (Å²) in [5, 5.41) is 2.71. The van der Waals surface area contributed by atoms with E-state index in [1.165, 1.54) is 22.5 Å². The highest BCUT2D eigenvalue weighted by Crippen LogP contribution is 2.32. The Hall–Kier alpha value is -2.84. The SMILES string of the molecule is CCN(CC)S(=O)(=O)c1ccc(NC(=O)/C=C/c2ccc3c(c2)OCO3)cc1. The summed E-state index contributed by atoms with van der Waals surface area (Å²) in [6, 6.07) is 11.5. The molecular formula is C20H22N2O5S. The molecule has 7 nitrogen and oxygen atoms in total. The minimum absolute atomic E-state index is 0.197. The summed E-state index contributed by atoms with van der Waals surface area (Å²) < 4.78 is 36.9. The molecule has 3 rings (SSSR count). The summed E-state index contributed by atoms with van der Waals surface area (Å²) in [4.78, 5) is 12.3. The van der Waals surface area contributed by atoms with Gasteiger partial charge in [0, 0.05) is 24.9 Å². The van der Waals surface area contributed by atoms with E-state index < -0.39 is 10.0 Å². The zero-order valence-corrected chi connectivity index (χ0v) is 16.5. The van der Waals surface area contributed by atoms with Crippen molar-refractivity contribution < 1.29 is 22.7 Å². The molecule has 148 valence electrons. The van der Waals surface area contributed by atoms with Crippen LogP contribution in [0.5, 0.6) is 11.5 Å². The number of amides is 1. The Bertz CT molecular complexity index is 980. The normalized spacial score (nSPS) is 13.2. The molecular weight excluding hydrogens is 380 g/mol. The maximum absolute atomic E-state index is 12.5. The van der Waals surface area contributed by atoms with E-state index in [2.05, 4.69) is 5.32 Å². The lowest BCUT2D eigenvalue weighted by Crippen LogP contribution is -2.30. The number of anilines is 1. The highest BCUT2D eigenvalue weighted by molar-refractivity contribution is 7.89. The number of benzene rings is 2. The van der Waals surface area contributed by atoms with Crippen molar-refractivity contribution >= 4 is 27.7 Å². The van der Waals surface area contributed by atoms with Crippen LogP contribution in [0, 0.1) is 0 Å². The molecule has 8 heteroatoms. The van der Waals surface area contributed by atoms with Crippen LogP contribution in [0.2, 0.25) is 0 Å². The van der Waals surface area contributed by atoms with E-state index in [0.717, 1.165) is 5.56 Å². The van der Waals surface area contributed by atoms with Crippen LogP contribution < -0.4 is 14.8 Å². The van der Waals surface area contributed by atoms with Gasteiger partial charge in [-0.1, -0.05) is 19.9 Å². The molecule has 0 unspecified atom stereocenters. The zero-order chi connectivity index (χ0) is 20.1. The highest BCUT2D eigenvalue weighted by atomic mass is 32.2. The largest absolute Gasteiger partial charge is 0.454 e. The molecule has 2 aromatic rings. The van der Waals surface area contributed by atoms with Crippen LogP contribution in [0.1, 0.15) is 19.4 Å². The first-order valence-electron chi connectivity index (χ1n) is 8.93. The number of sulfonamides is 1.